The van der Waals surface area contributed by atoms with Gasteiger partial charge >= 0.3 is 5.97 Å². The first-order chi connectivity index (χ1) is 16.6. The molecule has 0 spiro atoms. The van der Waals surface area contributed by atoms with E-state index in [9.17, 15) is 14.3 Å². The molecule has 0 aliphatic heterocycles. The first-order valence-electron chi connectivity index (χ1n) is 13.4. The molecule has 0 aromatic heterocycles. The average Bonchev–Trinajstić information content (AvgIpc) is 2.78. The van der Waals surface area contributed by atoms with Crippen LogP contribution in [0, 0.1) is 0 Å². The van der Waals surface area contributed by atoms with E-state index in [2.05, 4.69) is 19.1 Å². The van der Waals surface area contributed by atoms with Crippen molar-refractivity contribution in [3.63, 3.8) is 0 Å². The van der Waals surface area contributed by atoms with Crippen LogP contribution in [0.3, 0.4) is 0 Å². The van der Waals surface area contributed by atoms with Crippen LogP contribution in [0.2, 0.25) is 0 Å². The number of likely N-dealkylation sites (N-methyl/N-ethyl adjacent to an activating group) is 1. The minimum atomic E-state index is -4.48. The van der Waals surface area contributed by atoms with Crippen molar-refractivity contribution in [2.24, 2.45) is 0 Å². The normalized spacial score (nSPS) is 14.8. The highest BCUT2D eigenvalue weighted by Gasteiger charge is 2.20. The van der Waals surface area contributed by atoms with Gasteiger partial charge in [-0.1, -0.05) is 64.5 Å². The van der Waals surface area contributed by atoms with Crippen molar-refractivity contribution in [2.45, 2.75) is 97.0 Å². The topological polar surface area (TPSA) is 94.1 Å². The molecule has 9 heteroatoms. The van der Waals surface area contributed by atoms with E-state index in [1.807, 2.05) is 28.1 Å². The number of allylic oxidation sites excluding steroid dienone is 2. The van der Waals surface area contributed by atoms with Gasteiger partial charge in [0.05, 0.1) is 34.4 Å². The van der Waals surface area contributed by atoms with E-state index in [0.717, 1.165) is 25.7 Å². The third-order valence-corrected chi connectivity index (χ3v) is 6.26. The number of unbranched alkanes of at least 4 members (excludes halogenated alkanes) is 8. The molecule has 35 heavy (non-hydrogen) atoms. The Kier molecular flexibility index (Phi) is 20.9. The van der Waals surface area contributed by atoms with Crippen molar-refractivity contribution in [2.75, 3.05) is 54.1 Å². The summed E-state index contributed by atoms with van der Waals surface area (Å²) >= 11 is 0. The number of hydrogen-bond donors (Lipinski definition) is 0. The van der Waals surface area contributed by atoms with Gasteiger partial charge in [-0.2, -0.15) is 0 Å². The molecule has 0 aliphatic rings. The summed E-state index contributed by atoms with van der Waals surface area (Å²) in [6.45, 7) is 5.05. The first kappa shape index (κ1) is 34.2. The second-order valence-corrected chi connectivity index (χ2v) is 11.5. The standard InChI is InChI=1S/C26H52NO7P/c1-6-8-10-11-12-13-14-15-16-17-18-21-31-23-25(34-26(28)19-9-7-2)24-33-35(29,30)32-22-20-27(3,4)5/h10-11,25H,6-9,12-24H2,1-5H3/b11-10-. The lowest BCUT2D eigenvalue weighted by Crippen LogP contribution is -2.37. The number of esters is 1. The van der Waals surface area contributed by atoms with Crippen LogP contribution in [0.15, 0.2) is 12.2 Å². The van der Waals surface area contributed by atoms with Crippen LogP contribution in [-0.4, -0.2) is 70.7 Å². The number of phosphoric acid groups is 1. The number of hydrogen-bond acceptors (Lipinski definition) is 7. The molecule has 0 aliphatic carbocycles. The molecule has 8 nitrogen and oxygen atoms in total. The monoisotopic (exact) mass is 521 g/mol. The van der Waals surface area contributed by atoms with Crippen LogP contribution < -0.4 is 4.89 Å². The molecule has 0 rings (SSSR count). The Labute approximate surface area is 214 Å². The molecule has 0 radical (unpaired) electrons. The maximum Gasteiger partial charge on any atom is 0.306 e. The molecule has 0 aromatic carbocycles. The van der Waals surface area contributed by atoms with Crippen LogP contribution >= 0.6 is 7.82 Å². The quantitative estimate of drug-likeness (QED) is 0.0552. The fraction of sp³-hybridized carbons (Fsp3) is 0.885. The van der Waals surface area contributed by atoms with Gasteiger partial charge in [-0.25, -0.2) is 0 Å². The van der Waals surface area contributed by atoms with Gasteiger partial charge < -0.3 is 27.9 Å². The lowest BCUT2D eigenvalue weighted by molar-refractivity contribution is -0.870. The summed E-state index contributed by atoms with van der Waals surface area (Å²) in [4.78, 5) is 24.1. The molecule has 0 N–H and O–H groups in total. The van der Waals surface area contributed by atoms with Gasteiger partial charge in [0.15, 0.2) is 0 Å². The predicted molar refractivity (Wildman–Crippen MR) is 139 cm³/mol. The number of carbonyl (C=O) groups is 1. The highest BCUT2D eigenvalue weighted by Crippen LogP contribution is 2.38. The minimum absolute atomic E-state index is 0.0251. The lowest BCUT2D eigenvalue weighted by Gasteiger charge is -2.28. The van der Waals surface area contributed by atoms with Gasteiger partial charge in [-0.3, -0.25) is 9.36 Å². The summed E-state index contributed by atoms with van der Waals surface area (Å²) in [5.41, 5.74) is 0. The maximum atomic E-state index is 12.1. The Balaban J connectivity index is 4.20. The lowest BCUT2D eigenvalue weighted by atomic mass is 10.1. The van der Waals surface area contributed by atoms with Crippen molar-refractivity contribution in [1.82, 2.24) is 0 Å². The molecule has 0 fully saturated rings. The molecule has 208 valence electrons. The van der Waals surface area contributed by atoms with E-state index in [4.69, 9.17) is 18.5 Å². The number of quaternary nitrogens is 1. The third kappa shape index (κ3) is 24.7. The Morgan fingerprint density at radius 2 is 1.51 bits per heavy atom. The van der Waals surface area contributed by atoms with Gasteiger partial charge in [0.1, 0.15) is 19.3 Å². The van der Waals surface area contributed by atoms with Crippen molar-refractivity contribution < 1.29 is 37.3 Å². The Bertz CT molecular complexity index is 593. The number of rotatable bonds is 24. The summed E-state index contributed by atoms with van der Waals surface area (Å²) < 4.78 is 33.6. The summed E-state index contributed by atoms with van der Waals surface area (Å²) in [5.74, 6) is -0.375. The molecule has 0 aromatic rings. The number of ether oxygens (including phenoxy) is 2. The van der Waals surface area contributed by atoms with Crippen LogP contribution in [0.4, 0.5) is 0 Å². The summed E-state index contributed by atoms with van der Waals surface area (Å²) in [7, 11) is 1.34. The zero-order valence-electron chi connectivity index (χ0n) is 23.0. The van der Waals surface area contributed by atoms with Crippen LogP contribution in [0.25, 0.3) is 0 Å². The smallest absolute Gasteiger partial charge is 0.306 e. The van der Waals surface area contributed by atoms with Crippen LogP contribution in [0.5, 0.6) is 0 Å². The van der Waals surface area contributed by atoms with E-state index >= 15 is 0 Å². The van der Waals surface area contributed by atoms with E-state index in [1.165, 1.54) is 44.9 Å². The second kappa shape index (κ2) is 21.3. The largest absolute Gasteiger partial charge is 0.756 e. The van der Waals surface area contributed by atoms with Crippen molar-refractivity contribution >= 4 is 13.8 Å². The van der Waals surface area contributed by atoms with Gasteiger partial charge in [0, 0.05) is 13.0 Å². The van der Waals surface area contributed by atoms with Gasteiger partial charge in [0.25, 0.3) is 7.82 Å². The summed E-state index contributed by atoms with van der Waals surface area (Å²) in [6.07, 6.45) is 16.1. The number of nitrogens with zero attached hydrogens (tertiary/aromatic N) is 1. The fourth-order valence-corrected chi connectivity index (χ4v) is 3.84. The maximum absolute atomic E-state index is 12.1. The predicted octanol–water partition coefficient (Wildman–Crippen LogP) is 5.40. The molecule has 2 atom stereocenters. The Morgan fingerprint density at radius 3 is 2.17 bits per heavy atom. The highest BCUT2D eigenvalue weighted by atomic mass is 31.2. The minimum Gasteiger partial charge on any atom is -0.756 e. The van der Waals surface area contributed by atoms with E-state index in [0.29, 0.717) is 17.6 Å². The van der Waals surface area contributed by atoms with E-state index in [-0.39, 0.29) is 32.2 Å². The molecule has 2 unspecified atom stereocenters. The fourth-order valence-electron chi connectivity index (χ4n) is 3.11. The first-order valence-corrected chi connectivity index (χ1v) is 14.9. The Morgan fingerprint density at radius 1 is 0.857 bits per heavy atom. The second-order valence-electron chi connectivity index (χ2n) is 10.1. The average molecular weight is 522 g/mol. The number of carbonyl (C=O) groups excluding carboxylic acids is 1. The molecular weight excluding hydrogens is 469 g/mol. The van der Waals surface area contributed by atoms with Gasteiger partial charge in [-0.15, -0.1) is 0 Å². The molecule has 0 amide bonds. The Hall–Kier alpha value is -0.760. The van der Waals surface area contributed by atoms with E-state index in [1.54, 1.807) is 0 Å². The zero-order chi connectivity index (χ0) is 26.4. The van der Waals surface area contributed by atoms with E-state index < -0.39 is 13.9 Å². The number of phosphoric ester groups is 1. The van der Waals surface area contributed by atoms with Crippen LogP contribution in [0.1, 0.15) is 90.9 Å². The summed E-state index contributed by atoms with van der Waals surface area (Å²) in [5, 5.41) is 0. The van der Waals surface area contributed by atoms with Crippen LogP contribution in [-0.2, 0) is 27.9 Å². The van der Waals surface area contributed by atoms with Crippen molar-refractivity contribution in [3.05, 3.63) is 12.2 Å². The summed E-state index contributed by atoms with van der Waals surface area (Å²) in [6, 6.07) is 0. The molecule has 0 saturated carbocycles. The molecule has 0 saturated heterocycles. The highest BCUT2D eigenvalue weighted by molar-refractivity contribution is 7.45. The molecular formula is C26H52NO7P. The molecule has 0 heterocycles. The SMILES string of the molecule is CCC/C=C\CCCCCCCCOCC(COP(=O)([O-])OCC[N+](C)(C)C)OC(=O)CCCC. The van der Waals surface area contributed by atoms with Crippen molar-refractivity contribution in [3.8, 4) is 0 Å². The molecule has 0 bridgehead atoms. The third-order valence-electron chi connectivity index (χ3n) is 5.30. The zero-order valence-corrected chi connectivity index (χ0v) is 23.9. The van der Waals surface area contributed by atoms with Crippen molar-refractivity contribution in [1.29, 1.82) is 0 Å². The van der Waals surface area contributed by atoms with Gasteiger partial charge in [-0.05, 0) is 32.1 Å². The van der Waals surface area contributed by atoms with Gasteiger partial charge in [0.2, 0.25) is 0 Å².